The van der Waals surface area contributed by atoms with Crippen molar-refractivity contribution < 1.29 is 9.72 Å². The summed E-state index contributed by atoms with van der Waals surface area (Å²) in [5.41, 5.74) is 0.950. The maximum atomic E-state index is 11.7. The smallest absolute Gasteiger partial charge is 0.274 e. The molecule has 1 amide bonds. The highest BCUT2D eigenvalue weighted by atomic mass is 79.9. The summed E-state index contributed by atoms with van der Waals surface area (Å²) in [6.45, 7) is 4.98. The van der Waals surface area contributed by atoms with Crippen molar-refractivity contribution in [3.8, 4) is 0 Å². The summed E-state index contributed by atoms with van der Waals surface area (Å²) in [6, 6.07) is 2.99. The maximum absolute atomic E-state index is 11.7. The molecule has 104 valence electrons. The molecule has 7 heteroatoms. The summed E-state index contributed by atoms with van der Waals surface area (Å²) in [6.07, 6.45) is 0.321. The molecule has 0 aliphatic heterocycles. The molecule has 0 spiro atoms. The Morgan fingerprint density at radius 2 is 2.16 bits per heavy atom. The van der Waals surface area contributed by atoms with Gasteiger partial charge in [0.2, 0.25) is 5.91 Å². The van der Waals surface area contributed by atoms with Crippen LogP contribution in [-0.4, -0.2) is 23.9 Å². The SMILES string of the molecule is CCNCCC(=O)Nc1cc([N+](=O)[O-])c(C)cc1Br. The summed E-state index contributed by atoms with van der Waals surface area (Å²) in [4.78, 5) is 22.1. The number of carbonyl (C=O) groups excluding carboxylic acids is 1. The average molecular weight is 330 g/mol. The average Bonchev–Trinajstić information content (AvgIpc) is 2.32. The summed E-state index contributed by atoms with van der Waals surface area (Å²) in [7, 11) is 0. The molecule has 0 saturated heterocycles. The molecule has 6 nitrogen and oxygen atoms in total. The van der Waals surface area contributed by atoms with Gasteiger partial charge in [-0.3, -0.25) is 14.9 Å². The molecule has 0 aromatic heterocycles. The Balaban J connectivity index is 2.80. The number of nitro groups is 1. The van der Waals surface area contributed by atoms with Crippen molar-refractivity contribution in [2.75, 3.05) is 18.4 Å². The number of amides is 1. The molecule has 1 rings (SSSR count). The summed E-state index contributed by atoms with van der Waals surface area (Å²) < 4.78 is 0.632. The highest BCUT2D eigenvalue weighted by Crippen LogP contribution is 2.30. The van der Waals surface area contributed by atoms with Gasteiger partial charge in [0.25, 0.3) is 5.69 Å². The van der Waals surface area contributed by atoms with Gasteiger partial charge in [0, 0.05) is 29.1 Å². The Labute approximate surface area is 119 Å². The lowest BCUT2D eigenvalue weighted by molar-refractivity contribution is -0.385. The molecular formula is C12H16BrN3O3. The highest BCUT2D eigenvalue weighted by Gasteiger charge is 2.15. The fourth-order valence-electron chi connectivity index (χ4n) is 1.55. The Morgan fingerprint density at radius 1 is 1.47 bits per heavy atom. The fraction of sp³-hybridized carbons (Fsp3) is 0.417. The summed E-state index contributed by atoms with van der Waals surface area (Å²) in [5.74, 6) is -0.181. The van der Waals surface area contributed by atoms with Crippen LogP contribution in [0.15, 0.2) is 16.6 Å². The molecular weight excluding hydrogens is 314 g/mol. The van der Waals surface area contributed by atoms with Crippen LogP contribution < -0.4 is 10.6 Å². The number of nitrogens with zero attached hydrogens (tertiary/aromatic N) is 1. The zero-order valence-corrected chi connectivity index (χ0v) is 12.4. The van der Waals surface area contributed by atoms with E-state index in [1.54, 1.807) is 13.0 Å². The first-order valence-corrected chi connectivity index (χ1v) is 6.70. The fourth-order valence-corrected chi connectivity index (χ4v) is 2.10. The van der Waals surface area contributed by atoms with E-state index >= 15 is 0 Å². The van der Waals surface area contributed by atoms with Gasteiger partial charge >= 0.3 is 0 Å². The normalized spacial score (nSPS) is 10.3. The van der Waals surface area contributed by atoms with Gasteiger partial charge in [-0.25, -0.2) is 0 Å². The molecule has 19 heavy (non-hydrogen) atoms. The van der Waals surface area contributed by atoms with Crippen molar-refractivity contribution >= 4 is 33.2 Å². The van der Waals surface area contributed by atoms with Crippen molar-refractivity contribution in [3.05, 3.63) is 32.3 Å². The van der Waals surface area contributed by atoms with E-state index in [0.29, 0.717) is 28.7 Å². The Bertz CT molecular complexity index is 491. The van der Waals surface area contributed by atoms with Crippen molar-refractivity contribution in [3.63, 3.8) is 0 Å². The number of nitro benzene ring substituents is 1. The van der Waals surface area contributed by atoms with E-state index < -0.39 is 4.92 Å². The summed E-state index contributed by atoms with van der Waals surface area (Å²) in [5, 5.41) is 16.5. The van der Waals surface area contributed by atoms with Crippen molar-refractivity contribution in [2.24, 2.45) is 0 Å². The Kier molecular flexibility index (Phi) is 5.91. The van der Waals surface area contributed by atoms with E-state index in [1.165, 1.54) is 6.07 Å². The molecule has 1 aromatic rings. The molecule has 0 fully saturated rings. The number of rotatable bonds is 6. The molecule has 0 bridgehead atoms. The van der Waals surface area contributed by atoms with Crippen LogP contribution in [0.3, 0.4) is 0 Å². The number of anilines is 1. The summed E-state index contributed by atoms with van der Waals surface area (Å²) >= 11 is 3.29. The zero-order valence-electron chi connectivity index (χ0n) is 10.8. The van der Waals surface area contributed by atoms with E-state index in [9.17, 15) is 14.9 Å². The van der Waals surface area contributed by atoms with Gasteiger partial charge in [-0.1, -0.05) is 6.92 Å². The number of hydrogen-bond acceptors (Lipinski definition) is 4. The lowest BCUT2D eigenvalue weighted by Crippen LogP contribution is -2.21. The van der Waals surface area contributed by atoms with Gasteiger partial charge in [0.15, 0.2) is 0 Å². The molecule has 0 aliphatic rings. The zero-order chi connectivity index (χ0) is 14.4. The third kappa shape index (κ3) is 4.60. The van der Waals surface area contributed by atoms with Crippen molar-refractivity contribution in [1.82, 2.24) is 5.32 Å². The van der Waals surface area contributed by atoms with Gasteiger partial charge < -0.3 is 10.6 Å². The third-order valence-corrected chi connectivity index (χ3v) is 3.19. The molecule has 0 heterocycles. The lowest BCUT2D eigenvalue weighted by Gasteiger charge is -2.09. The molecule has 0 aliphatic carbocycles. The Hall–Kier alpha value is -1.47. The molecule has 2 N–H and O–H groups in total. The first-order valence-electron chi connectivity index (χ1n) is 5.90. The van der Waals surface area contributed by atoms with Crippen LogP contribution in [0.1, 0.15) is 18.9 Å². The van der Waals surface area contributed by atoms with Crippen LogP contribution in [0.25, 0.3) is 0 Å². The number of benzene rings is 1. The minimum absolute atomic E-state index is 0.00909. The Morgan fingerprint density at radius 3 is 2.74 bits per heavy atom. The van der Waals surface area contributed by atoms with Gasteiger partial charge in [-0.05, 0) is 35.5 Å². The second-order valence-corrected chi connectivity index (χ2v) is 4.88. The topological polar surface area (TPSA) is 84.3 Å². The number of hydrogen-bond donors (Lipinski definition) is 2. The van der Waals surface area contributed by atoms with Crippen LogP contribution in [-0.2, 0) is 4.79 Å². The van der Waals surface area contributed by atoms with E-state index in [4.69, 9.17) is 0 Å². The largest absolute Gasteiger partial charge is 0.325 e. The van der Waals surface area contributed by atoms with Crippen LogP contribution in [0.4, 0.5) is 11.4 Å². The van der Waals surface area contributed by atoms with Gasteiger partial charge in [-0.2, -0.15) is 0 Å². The standard InChI is InChI=1S/C12H16BrN3O3/c1-3-14-5-4-12(17)15-10-7-11(16(18)19)8(2)6-9(10)13/h6-7,14H,3-5H2,1-2H3,(H,15,17). The van der Waals surface area contributed by atoms with Crippen LogP contribution >= 0.6 is 15.9 Å². The van der Waals surface area contributed by atoms with E-state index in [0.717, 1.165) is 6.54 Å². The van der Waals surface area contributed by atoms with Crippen LogP contribution in [0.2, 0.25) is 0 Å². The second-order valence-electron chi connectivity index (χ2n) is 4.03. The van der Waals surface area contributed by atoms with E-state index in [1.807, 2.05) is 6.92 Å². The molecule has 0 unspecified atom stereocenters. The van der Waals surface area contributed by atoms with E-state index in [-0.39, 0.29) is 11.6 Å². The predicted octanol–water partition coefficient (Wildman–Crippen LogP) is 2.60. The monoisotopic (exact) mass is 329 g/mol. The van der Waals surface area contributed by atoms with Crippen LogP contribution in [0, 0.1) is 17.0 Å². The van der Waals surface area contributed by atoms with Gasteiger partial charge in [0.1, 0.15) is 0 Å². The molecule has 0 saturated carbocycles. The molecule has 0 atom stereocenters. The van der Waals surface area contributed by atoms with Crippen molar-refractivity contribution in [2.45, 2.75) is 20.3 Å². The van der Waals surface area contributed by atoms with Gasteiger partial charge in [0.05, 0.1) is 10.6 Å². The first kappa shape index (κ1) is 15.6. The quantitative estimate of drug-likeness (QED) is 0.477. The number of halogens is 1. The number of carbonyl (C=O) groups is 1. The van der Waals surface area contributed by atoms with E-state index in [2.05, 4.69) is 26.6 Å². The molecule has 1 aromatic carbocycles. The minimum atomic E-state index is -0.462. The van der Waals surface area contributed by atoms with Crippen LogP contribution in [0.5, 0.6) is 0 Å². The number of aryl methyl sites for hydroxylation is 1. The first-order chi connectivity index (χ1) is 8.95. The maximum Gasteiger partial charge on any atom is 0.274 e. The lowest BCUT2D eigenvalue weighted by atomic mass is 10.2. The van der Waals surface area contributed by atoms with Gasteiger partial charge in [-0.15, -0.1) is 0 Å². The number of nitrogens with one attached hydrogen (secondary N) is 2. The predicted molar refractivity (Wildman–Crippen MR) is 77.3 cm³/mol. The third-order valence-electron chi connectivity index (χ3n) is 2.54. The minimum Gasteiger partial charge on any atom is -0.325 e. The second kappa shape index (κ2) is 7.20. The van der Waals surface area contributed by atoms with Crippen molar-refractivity contribution in [1.29, 1.82) is 0 Å². The molecule has 0 radical (unpaired) electrons. The highest BCUT2D eigenvalue weighted by molar-refractivity contribution is 9.10.